The van der Waals surface area contributed by atoms with Gasteiger partial charge in [-0.1, -0.05) is 35.9 Å². The molecular formula is C25H24ClF3N2O3. The number of piperidine rings is 1. The van der Waals surface area contributed by atoms with Crippen LogP contribution in [0.1, 0.15) is 41.9 Å². The number of alkyl halides is 3. The Balaban J connectivity index is 1.46. The third-order valence-corrected chi connectivity index (χ3v) is 7.09. The summed E-state index contributed by atoms with van der Waals surface area (Å²) in [6.45, 7) is 2.06. The first kappa shape index (κ1) is 23.2. The number of hydrogen-bond acceptors (Lipinski definition) is 3. The van der Waals surface area contributed by atoms with Gasteiger partial charge in [0.1, 0.15) is 0 Å². The van der Waals surface area contributed by atoms with Crippen LogP contribution in [0.15, 0.2) is 48.7 Å². The van der Waals surface area contributed by atoms with Crippen molar-refractivity contribution in [1.82, 2.24) is 9.88 Å². The Morgan fingerprint density at radius 1 is 1.12 bits per heavy atom. The Hall–Kier alpha value is -2.55. The van der Waals surface area contributed by atoms with E-state index in [0.29, 0.717) is 44.7 Å². The predicted molar refractivity (Wildman–Crippen MR) is 122 cm³/mol. The zero-order valence-corrected chi connectivity index (χ0v) is 19.1. The Bertz CT molecular complexity index is 1190. The van der Waals surface area contributed by atoms with Crippen molar-refractivity contribution in [2.75, 3.05) is 26.3 Å². The Morgan fingerprint density at radius 3 is 2.53 bits per heavy atom. The third kappa shape index (κ3) is 4.42. The number of aromatic amines is 1. The zero-order chi connectivity index (χ0) is 23.9. The number of aromatic nitrogens is 1. The summed E-state index contributed by atoms with van der Waals surface area (Å²) in [5.41, 5.74) is 1.12. The van der Waals surface area contributed by atoms with Crippen LogP contribution in [-0.2, 0) is 20.4 Å². The predicted octanol–water partition coefficient (Wildman–Crippen LogP) is 5.73. The van der Waals surface area contributed by atoms with Gasteiger partial charge in [-0.15, -0.1) is 0 Å². The molecule has 2 aromatic carbocycles. The molecule has 0 bridgehead atoms. The van der Waals surface area contributed by atoms with Gasteiger partial charge in [0, 0.05) is 55.4 Å². The number of benzene rings is 2. The third-order valence-electron chi connectivity index (χ3n) is 6.77. The van der Waals surface area contributed by atoms with Crippen LogP contribution < -0.4 is 0 Å². The lowest BCUT2D eigenvalue weighted by atomic mass is 9.86. The first-order valence-corrected chi connectivity index (χ1v) is 11.6. The van der Waals surface area contributed by atoms with E-state index in [1.807, 2.05) is 24.3 Å². The molecule has 0 saturated carbocycles. The van der Waals surface area contributed by atoms with Crippen LogP contribution in [-0.4, -0.2) is 47.9 Å². The molecule has 1 aromatic heterocycles. The van der Waals surface area contributed by atoms with Crippen LogP contribution in [0.25, 0.3) is 10.9 Å². The summed E-state index contributed by atoms with van der Waals surface area (Å²) < 4.78 is 52.3. The summed E-state index contributed by atoms with van der Waals surface area (Å²) in [5, 5.41) is 0.507. The van der Waals surface area contributed by atoms with E-state index in [-0.39, 0.29) is 17.4 Å². The van der Waals surface area contributed by atoms with Crippen LogP contribution in [0.2, 0.25) is 5.02 Å². The minimum Gasteiger partial charge on any atom is -0.361 e. The molecule has 0 radical (unpaired) electrons. The number of nitrogens with zero attached hydrogens (tertiary/aromatic N) is 1. The normalized spacial score (nSPS) is 19.1. The second kappa shape index (κ2) is 8.91. The minimum absolute atomic E-state index is 0.0372. The lowest BCUT2D eigenvalue weighted by Gasteiger charge is -2.38. The Kier molecular flexibility index (Phi) is 6.08. The van der Waals surface area contributed by atoms with Crippen LogP contribution >= 0.6 is 11.6 Å². The average Bonchev–Trinajstić information content (AvgIpc) is 3.45. The number of fused-ring (bicyclic) bond motifs is 1. The molecule has 9 heteroatoms. The van der Waals surface area contributed by atoms with Gasteiger partial charge in [-0.2, -0.15) is 13.2 Å². The molecule has 3 aromatic rings. The number of amides is 1. The van der Waals surface area contributed by atoms with E-state index >= 15 is 0 Å². The lowest BCUT2D eigenvalue weighted by molar-refractivity contribution is -0.187. The first-order valence-electron chi connectivity index (χ1n) is 11.2. The average molecular weight is 493 g/mol. The lowest BCUT2D eigenvalue weighted by Crippen LogP contribution is -2.47. The molecule has 2 saturated heterocycles. The van der Waals surface area contributed by atoms with Gasteiger partial charge in [-0.25, -0.2) is 0 Å². The van der Waals surface area contributed by atoms with Crippen molar-refractivity contribution in [3.05, 3.63) is 70.4 Å². The summed E-state index contributed by atoms with van der Waals surface area (Å²) in [5.74, 6) is -1.30. The van der Waals surface area contributed by atoms with Crippen LogP contribution in [0.4, 0.5) is 13.2 Å². The summed E-state index contributed by atoms with van der Waals surface area (Å²) in [4.78, 5) is 18.3. The molecular weight excluding hydrogens is 469 g/mol. The molecule has 1 N–H and O–H groups in total. The van der Waals surface area contributed by atoms with Gasteiger partial charge in [0.15, 0.2) is 5.79 Å². The first-order chi connectivity index (χ1) is 16.3. The highest BCUT2D eigenvalue weighted by Gasteiger charge is 2.41. The van der Waals surface area contributed by atoms with E-state index in [1.54, 1.807) is 17.2 Å². The second-order valence-corrected chi connectivity index (χ2v) is 9.18. The number of ether oxygens (including phenoxy) is 2. The highest BCUT2D eigenvalue weighted by Crippen LogP contribution is 2.40. The Morgan fingerprint density at radius 2 is 1.82 bits per heavy atom. The van der Waals surface area contributed by atoms with Crippen molar-refractivity contribution >= 4 is 28.4 Å². The van der Waals surface area contributed by atoms with Gasteiger partial charge in [0.05, 0.1) is 23.8 Å². The fraction of sp³-hybridized carbons (Fsp3) is 0.400. The largest absolute Gasteiger partial charge is 0.417 e. The molecule has 1 unspecified atom stereocenters. The van der Waals surface area contributed by atoms with Crippen molar-refractivity contribution < 1.29 is 27.4 Å². The van der Waals surface area contributed by atoms with E-state index in [0.717, 1.165) is 22.5 Å². The van der Waals surface area contributed by atoms with E-state index < -0.39 is 23.4 Å². The van der Waals surface area contributed by atoms with Crippen LogP contribution in [0.5, 0.6) is 0 Å². The van der Waals surface area contributed by atoms with Crippen molar-refractivity contribution in [3.8, 4) is 0 Å². The van der Waals surface area contributed by atoms with Gasteiger partial charge in [-0.3, -0.25) is 4.79 Å². The van der Waals surface area contributed by atoms with Crippen LogP contribution in [0, 0.1) is 0 Å². The molecule has 0 aliphatic carbocycles. The summed E-state index contributed by atoms with van der Waals surface area (Å²) in [6, 6.07) is 11.4. The van der Waals surface area contributed by atoms with E-state index in [4.69, 9.17) is 21.1 Å². The van der Waals surface area contributed by atoms with Crippen LogP contribution in [0.3, 0.4) is 0 Å². The topological polar surface area (TPSA) is 54.6 Å². The van der Waals surface area contributed by atoms with Gasteiger partial charge in [-0.05, 0) is 29.3 Å². The number of carbonyl (C=O) groups excluding carboxylic acids is 1. The SMILES string of the molecule is O=C(CC(c1ccc(Cl)c(C(F)(F)F)c1)c1c[nH]c2ccccc12)N1CCC2(CC1)OCCO2. The molecule has 34 heavy (non-hydrogen) atoms. The molecule has 5 rings (SSSR count). The Labute approximate surface area is 199 Å². The quantitative estimate of drug-likeness (QED) is 0.506. The summed E-state index contributed by atoms with van der Waals surface area (Å²) >= 11 is 5.87. The number of rotatable bonds is 4. The standard InChI is InChI=1S/C25H24ClF3N2O3/c26-21-6-5-16(13-20(21)25(27,28)29)18(19-15-30-22-4-2-1-3-17(19)22)14-23(32)31-9-7-24(8-10-31)33-11-12-34-24/h1-6,13,15,18,30H,7-12,14H2. The molecule has 2 fully saturated rings. The molecule has 2 aliphatic heterocycles. The smallest absolute Gasteiger partial charge is 0.361 e. The van der Waals surface area contributed by atoms with E-state index in [1.165, 1.54) is 6.07 Å². The van der Waals surface area contributed by atoms with Gasteiger partial charge in [0.25, 0.3) is 0 Å². The minimum atomic E-state index is -4.59. The van der Waals surface area contributed by atoms with Crippen molar-refractivity contribution in [2.24, 2.45) is 0 Å². The fourth-order valence-corrected chi connectivity index (χ4v) is 5.18. The highest BCUT2D eigenvalue weighted by molar-refractivity contribution is 6.31. The van der Waals surface area contributed by atoms with Gasteiger partial charge < -0.3 is 19.4 Å². The molecule has 3 heterocycles. The van der Waals surface area contributed by atoms with E-state index in [2.05, 4.69) is 4.98 Å². The molecule has 1 amide bonds. The monoisotopic (exact) mass is 492 g/mol. The highest BCUT2D eigenvalue weighted by atomic mass is 35.5. The zero-order valence-electron chi connectivity index (χ0n) is 18.3. The fourth-order valence-electron chi connectivity index (χ4n) is 4.95. The second-order valence-electron chi connectivity index (χ2n) is 8.77. The number of carbonyl (C=O) groups is 1. The van der Waals surface area contributed by atoms with Gasteiger partial charge in [0.2, 0.25) is 5.91 Å². The molecule has 2 aliphatic rings. The number of likely N-dealkylation sites (tertiary alicyclic amines) is 1. The number of halogens is 4. The molecule has 1 atom stereocenters. The number of hydrogen-bond donors (Lipinski definition) is 1. The molecule has 5 nitrogen and oxygen atoms in total. The van der Waals surface area contributed by atoms with Crippen molar-refractivity contribution in [3.63, 3.8) is 0 Å². The summed E-state index contributed by atoms with van der Waals surface area (Å²) in [7, 11) is 0. The number of H-pyrrole nitrogens is 1. The molecule has 180 valence electrons. The molecule has 1 spiro atoms. The van der Waals surface area contributed by atoms with E-state index in [9.17, 15) is 18.0 Å². The maximum absolute atomic E-state index is 13.6. The van der Waals surface area contributed by atoms with Gasteiger partial charge >= 0.3 is 6.18 Å². The maximum atomic E-state index is 13.6. The summed E-state index contributed by atoms with van der Waals surface area (Å²) in [6.07, 6.45) is -1.62. The van der Waals surface area contributed by atoms with Crippen molar-refractivity contribution in [2.45, 2.75) is 37.1 Å². The van der Waals surface area contributed by atoms with Crippen molar-refractivity contribution in [1.29, 1.82) is 0 Å². The number of nitrogens with one attached hydrogen (secondary N) is 1. The number of para-hydroxylation sites is 1. The maximum Gasteiger partial charge on any atom is 0.417 e.